The maximum absolute atomic E-state index is 12.8. The number of morpholine rings is 1. The standard InChI is InChI=1S/C19H22N2O4/c1-13(2)18-11-16(20-25-18)19(23)21-8-9-24-12-15(21)10-17(22)14-6-4-3-5-7-14/h3-7,11,13,15H,8-10,12H2,1-2H3. The van der Waals surface area contributed by atoms with Crippen molar-refractivity contribution in [3.63, 3.8) is 0 Å². The number of amides is 1. The number of hydrogen-bond donors (Lipinski definition) is 0. The van der Waals surface area contributed by atoms with E-state index in [1.54, 1.807) is 23.1 Å². The van der Waals surface area contributed by atoms with Crippen molar-refractivity contribution in [2.24, 2.45) is 0 Å². The lowest BCUT2D eigenvalue weighted by Crippen LogP contribution is -2.49. The molecule has 1 atom stereocenters. The lowest BCUT2D eigenvalue weighted by Gasteiger charge is -2.34. The molecule has 1 aliphatic heterocycles. The first-order valence-electron chi connectivity index (χ1n) is 8.50. The normalized spacial score (nSPS) is 17.7. The van der Waals surface area contributed by atoms with Gasteiger partial charge in [0.25, 0.3) is 5.91 Å². The summed E-state index contributed by atoms with van der Waals surface area (Å²) in [4.78, 5) is 27.0. The number of carbonyl (C=O) groups excluding carboxylic acids is 2. The minimum atomic E-state index is -0.298. The summed E-state index contributed by atoms with van der Waals surface area (Å²) < 4.78 is 10.7. The van der Waals surface area contributed by atoms with Crippen molar-refractivity contribution in [2.75, 3.05) is 19.8 Å². The second-order valence-electron chi connectivity index (χ2n) is 6.49. The zero-order valence-electron chi connectivity index (χ0n) is 14.5. The number of carbonyl (C=O) groups is 2. The van der Waals surface area contributed by atoms with Crippen molar-refractivity contribution < 1.29 is 18.8 Å². The topological polar surface area (TPSA) is 72.6 Å². The van der Waals surface area contributed by atoms with Crippen molar-refractivity contribution in [2.45, 2.75) is 32.2 Å². The second kappa shape index (κ2) is 7.61. The molecule has 0 aliphatic carbocycles. The van der Waals surface area contributed by atoms with Crippen LogP contribution in [0.1, 0.15) is 52.8 Å². The molecular formula is C19H22N2O4. The van der Waals surface area contributed by atoms with Crippen molar-refractivity contribution in [1.29, 1.82) is 0 Å². The maximum Gasteiger partial charge on any atom is 0.276 e. The minimum absolute atomic E-state index is 0.00285. The highest BCUT2D eigenvalue weighted by Gasteiger charge is 2.31. The summed E-state index contributed by atoms with van der Waals surface area (Å²) in [6, 6.07) is 10.5. The molecule has 1 unspecified atom stereocenters. The quantitative estimate of drug-likeness (QED) is 0.781. The summed E-state index contributed by atoms with van der Waals surface area (Å²) in [5, 5.41) is 3.89. The fourth-order valence-corrected chi connectivity index (χ4v) is 2.86. The smallest absolute Gasteiger partial charge is 0.276 e. The van der Waals surface area contributed by atoms with E-state index in [1.807, 2.05) is 32.0 Å². The van der Waals surface area contributed by atoms with E-state index in [0.29, 0.717) is 31.1 Å². The van der Waals surface area contributed by atoms with Crippen molar-refractivity contribution in [3.05, 3.63) is 53.4 Å². The second-order valence-corrected chi connectivity index (χ2v) is 6.49. The Morgan fingerprint density at radius 3 is 2.72 bits per heavy atom. The summed E-state index contributed by atoms with van der Waals surface area (Å²) in [5.74, 6) is 0.615. The highest BCUT2D eigenvalue weighted by Crippen LogP contribution is 2.20. The molecule has 3 rings (SSSR count). The van der Waals surface area contributed by atoms with Crippen LogP contribution >= 0.6 is 0 Å². The minimum Gasteiger partial charge on any atom is -0.377 e. The van der Waals surface area contributed by atoms with Gasteiger partial charge < -0.3 is 14.2 Å². The first-order chi connectivity index (χ1) is 12.1. The van der Waals surface area contributed by atoms with Gasteiger partial charge in [0, 0.05) is 30.5 Å². The third-order valence-corrected chi connectivity index (χ3v) is 4.32. The average molecular weight is 342 g/mol. The number of benzene rings is 1. The molecule has 1 aromatic heterocycles. The Morgan fingerprint density at radius 2 is 2.04 bits per heavy atom. The van der Waals surface area contributed by atoms with Gasteiger partial charge in [0.05, 0.1) is 19.3 Å². The number of ketones is 1. The van der Waals surface area contributed by atoms with Crippen molar-refractivity contribution in [1.82, 2.24) is 10.1 Å². The number of nitrogens with zero attached hydrogens (tertiary/aromatic N) is 2. The van der Waals surface area contributed by atoms with Gasteiger partial charge in [0.1, 0.15) is 5.76 Å². The zero-order chi connectivity index (χ0) is 17.8. The van der Waals surface area contributed by atoms with Crippen molar-refractivity contribution in [3.8, 4) is 0 Å². The number of ether oxygens (including phenoxy) is 1. The van der Waals surface area contributed by atoms with Gasteiger partial charge >= 0.3 is 0 Å². The Hall–Kier alpha value is -2.47. The van der Waals surface area contributed by atoms with Gasteiger partial charge in [-0.1, -0.05) is 49.3 Å². The highest BCUT2D eigenvalue weighted by atomic mass is 16.5. The van der Waals surface area contributed by atoms with Gasteiger partial charge in [-0.05, 0) is 0 Å². The SMILES string of the molecule is CC(C)c1cc(C(=O)N2CCOCC2CC(=O)c2ccccc2)no1. The Labute approximate surface area is 146 Å². The van der Waals surface area contributed by atoms with E-state index in [1.165, 1.54) is 0 Å². The molecule has 0 radical (unpaired) electrons. The Balaban J connectivity index is 1.74. The molecule has 132 valence electrons. The molecule has 1 fully saturated rings. The summed E-state index contributed by atoms with van der Waals surface area (Å²) in [6.07, 6.45) is 0.227. The maximum atomic E-state index is 12.8. The fourth-order valence-electron chi connectivity index (χ4n) is 2.86. The predicted molar refractivity (Wildman–Crippen MR) is 91.6 cm³/mol. The Kier molecular flexibility index (Phi) is 5.28. The Morgan fingerprint density at radius 1 is 1.28 bits per heavy atom. The molecule has 0 saturated carbocycles. The van der Waals surface area contributed by atoms with Crippen molar-refractivity contribution >= 4 is 11.7 Å². The summed E-state index contributed by atoms with van der Waals surface area (Å²) in [5.41, 5.74) is 0.923. The average Bonchev–Trinajstić information content (AvgIpc) is 3.13. The van der Waals surface area contributed by atoms with E-state index >= 15 is 0 Å². The van der Waals surface area contributed by atoms with Gasteiger partial charge in [-0.3, -0.25) is 9.59 Å². The van der Waals surface area contributed by atoms with Crippen LogP contribution in [0.15, 0.2) is 40.9 Å². The molecule has 2 heterocycles. The summed E-state index contributed by atoms with van der Waals surface area (Å²) in [6.45, 7) is 5.20. The number of hydrogen-bond acceptors (Lipinski definition) is 5. The number of rotatable bonds is 5. The summed E-state index contributed by atoms with van der Waals surface area (Å²) >= 11 is 0. The molecule has 2 aromatic rings. The van der Waals surface area contributed by atoms with E-state index in [4.69, 9.17) is 9.26 Å². The van der Waals surface area contributed by atoms with Gasteiger partial charge in [0.15, 0.2) is 11.5 Å². The van der Waals surface area contributed by atoms with Crippen LogP contribution < -0.4 is 0 Å². The highest BCUT2D eigenvalue weighted by molar-refractivity contribution is 5.97. The van der Waals surface area contributed by atoms with Crippen LogP contribution in [0, 0.1) is 0 Å². The molecule has 1 amide bonds. The molecule has 25 heavy (non-hydrogen) atoms. The first-order valence-corrected chi connectivity index (χ1v) is 8.50. The van der Waals surface area contributed by atoms with E-state index < -0.39 is 0 Å². The van der Waals surface area contributed by atoms with Crippen LogP contribution in [0.4, 0.5) is 0 Å². The summed E-state index contributed by atoms with van der Waals surface area (Å²) in [7, 11) is 0. The van der Waals surface area contributed by atoms with Crippen LogP contribution in [-0.4, -0.2) is 47.5 Å². The molecule has 0 bridgehead atoms. The lowest BCUT2D eigenvalue weighted by atomic mass is 10.0. The molecule has 0 N–H and O–H groups in total. The number of Topliss-reactive ketones (excluding diaryl/α,β-unsaturated/α-hetero) is 1. The lowest BCUT2D eigenvalue weighted by molar-refractivity contribution is -0.00329. The van der Waals surface area contributed by atoms with Gasteiger partial charge in [-0.25, -0.2) is 0 Å². The monoisotopic (exact) mass is 342 g/mol. The Bertz CT molecular complexity index is 739. The molecule has 0 spiro atoms. The van der Waals surface area contributed by atoms with Crippen LogP contribution in [0.3, 0.4) is 0 Å². The van der Waals surface area contributed by atoms with Gasteiger partial charge in [0.2, 0.25) is 0 Å². The molecule has 1 aliphatic rings. The molecular weight excluding hydrogens is 320 g/mol. The van der Waals surface area contributed by atoms with E-state index in [2.05, 4.69) is 5.16 Å². The largest absolute Gasteiger partial charge is 0.377 e. The molecule has 6 nitrogen and oxygen atoms in total. The zero-order valence-corrected chi connectivity index (χ0v) is 14.5. The molecule has 6 heteroatoms. The third-order valence-electron chi connectivity index (χ3n) is 4.32. The first kappa shape index (κ1) is 17.4. The van der Waals surface area contributed by atoms with E-state index in [0.717, 1.165) is 0 Å². The van der Waals surface area contributed by atoms with Crippen LogP contribution in [0.25, 0.3) is 0 Å². The van der Waals surface area contributed by atoms with Crippen LogP contribution in [0.2, 0.25) is 0 Å². The van der Waals surface area contributed by atoms with E-state index in [9.17, 15) is 9.59 Å². The van der Waals surface area contributed by atoms with Gasteiger partial charge in [-0.2, -0.15) is 0 Å². The predicted octanol–water partition coefficient (Wildman–Crippen LogP) is 2.91. The van der Waals surface area contributed by atoms with E-state index in [-0.39, 0.29) is 35.8 Å². The molecule has 1 aromatic carbocycles. The third kappa shape index (κ3) is 3.96. The fraction of sp³-hybridized carbons (Fsp3) is 0.421. The van der Waals surface area contributed by atoms with Crippen LogP contribution in [-0.2, 0) is 4.74 Å². The van der Waals surface area contributed by atoms with Crippen LogP contribution in [0.5, 0.6) is 0 Å². The van der Waals surface area contributed by atoms with Gasteiger partial charge in [-0.15, -0.1) is 0 Å². The molecule has 1 saturated heterocycles. The number of aromatic nitrogens is 1.